The number of H-pyrrole nitrogens is 1. The smallest absolute Gasteiger partial charge is 0.335 e. The minimum absolute atomic E-state index is 0.00347. The fraction of sp³-hybridized carbons (Fsp3) is 0.0769. The van der Waals surface area contributed by atoms with Crippen LogP contribution in [0.5, 0.6) is 0 Å². The van der Waals surface area contributed by atoms with Gasteiger partial charge in [-0.05, 0) is 23.3 Å². The van der Waals surface area contributed by atoms with Crippen LogP contribution >= 0.6 is 928 Å². The summed E-state index contributed by atoms with van der Waals surface area (Å²) >= 11 is 120. The van der Waals surface area contributed by atoms with E-state index in [9.17, 15) is 19.2 Å². The second-order valence-electron chi connectivity index (χ2n) is 12.4. The molecule has 0 saturated heterocycles. The molecule has 0 fully saturated rings. The molecule has 8 nitrogen and oxygen atoms in total. The summed E-state index contributed by atoms with van der Waals surface area (Å²) in [5.41, 5.74) is 1.63. The molecule has 0 aliphatic rings. The first-order chi connectivity index (χ1) is 47.7. The summed E-state index contributed by atoms with van der Waals surface area (Å²) in [6, 6.07) is 24.7. The van der Waals surface area contributed by atoms with Crippen molar-refractivity contribution in [2.45, 2.75) is 11.9 Å². The number of aromatic nitrogens is 2. The molecule has 4 aromatic rings. The monoisotopic (exact) mass is 9170 g/mol. The summed E-state index contributed by atoms with van der Waals surface area (Å²) in [5, 5.41) is 18.1. The molecule has 0 saturated carbocycles. The van der Waals surface area contributed by atoms with E-state index in [4.69, 9.17) is 10.2 Å². The Balaban J connectivity index is 0.00000119. The quantitative estimate of drug-likeness (QED) is 0.0305. The van der Waals surface area contributed by atoms with Crippen molar-refractivity contribution in [2.75, 3.05) is 0 Å². The first-order valence-corrected chi connectivity index (χ1v) is 442. The Labute approximate surface area is 1060 Å². The summed E-state index contributed by atoms with van der Waals surface area (Å²) in [5.74, 6) is -2.18. The Morgan fingerprint density at radius 3 is 0.699 bits per heavy atom. The van der Waals surface area contributed by atoms with E-state index in [0.717, 1.165) is 23.0 Å². The minimum Gasteiger partial charge on any atom is -0.478 e. The number of nitrogens with zero attached hydrogens (tertiary/aromatic N) is 1. The topological polar surface area (TPSA) is 129 Å². The average molecular weight is 9170 g/mol. The zero-order valence-corrected chi connectivity index (χ0v) is 193. The van der Waals surface area contributed by atoms with Gasteiger partial charge >= 0.3 is 924 Å². The van der Waals surface area contributed by atoms with Gasteiger partial charge in [0.1, 0.15) is 0 Å². The van der Waals surface area contributed by atoms with Gasteiger partial charge in [0.15, 0.2) is 0 Å². The number of halogens is 69. The van der Waals surface area contributed by atoms with Crippen molar-refractivity contribution in [1.82, 2.24) is 9.55 Å². The van der Waals surface area contributed by atoms with Crippen molar-refractivity contribution in [3.8, 4) is 0 Å². The van der Waals surface area contributed by atoms with Gasteiger partial charge in [-0.1, -0.05) is 76.6 Å². The third-order valence-corrected chi connectivity index (χ3v) is 5290. The first-order valence-electron chi connectivity index (χ1n) is 19.9. The molecule has 0 amide bonds. The number of nitrogens with one attached hydrogen (secondary N) is 1. The fourth-order valence-corrected chi connectivity index (χ4v) is 13000. The van der Waals surface area contributed by atoms with Crippen molar-refractivity contribution >= 4 is 940 Å². The molecule has 103 heavy (non-hydrogen) atoms. The predicted molar refractivity (Wildman–Crippen MR) is 1090 cm³/mol. The van der Waals surface area contributed by atoms with Crippen LogP contribution < -0.4 is 11.1 Å². The molecule has 0 aliphatic carbocycles. The van der Waals surface area contributed by atoms with Crippen molar-refractivity contribution in [3.63, 3.8) is 0 Å². The number of carboxylic acid groups (broad SMARTS) is 2. The maximum atomic E-state index is 11.6. The van der Waals surface area contributed by atoms with Gasteiger partial charge in [0.05, 0.1) is 17.7 Å². The molecule has 2 heterocycles. The molecule has 0 aliphatic heterocycles. The SMILES string of the molecule is BrCc1ccccc1.II(I)I(I)I(I)I(I)I(I)I(I)I(I)I(I)I(I)I(I)I(I)I(I)I(I)I(I)I(I)I(I)I(I)I(I)I(I)I(I)I(I)I(I)I(I)I(I)I(I)I(I)I(I)I(I)I(I)I(I)I(I)I(I)I(I)I.O=C(O)c1cc[nH]c(=O)c1.O=C(O)c1ccn(Cc2ccccc2)c(=O)c1. The Morgan fingerprint density at radius 1 is 0.311 bits per heavy atom. The standard InChI is InChI=1S/C13H11NO3.C7H7Br.C6H5NO3.I68/c15-12-8-11(13(16)17)6-7-14(12)9-10-4-2-1-3-5-10;8-6-7-4-2-1-3-5-7;8-5-3-4(6(9)10)1-2-7-5;1-36(2)38(5)40(7)42(9)44(11)46(13)48(15)50(17)52(19)54(21)56(23)58(25)60(27)62(29)64(31)66(33)68(35)67(34)65(32)63(30)61(28)59(26)57(24)55(22)53(20)51(18)49(16)47(14)45(12)43(10)41(8)39(6)37(3)4/h1-8H,9H2,(H,16,17);1-5H,6H2;1-3H,(H,7,8)(H,9,10);. The Bertz CT molecular complexity index is 3070. The summed E-state index contributed by atoms with van der Waals surface area (Å²) < 4.78 is 1.47. The Kier molecular flexibility index (Phi) is 124. The summed E-state index contributed by atoms with van der Waals surface area (Å²) in [6.07, 6.45) is 2.80. The van der Waals surface area contributed by atoms with Crippen molar-refractivity contribution in [2.24, 2.45) is 0 Å². The second-order valence-corrected chi connectivity index (χ2v) is 1620. The molecule has 0 radical (unpaired) electrons. The molecular weight excluding hydrogens is 9150 g/mol. The molecule has 656 valence electrons. The largest absolute Gasteiger partial charge is 0.478 e. The maximum Gasteiger partial charge on any atom is 0.335 e. The average Bonchev–Trinajstić information content (AvgIpc) is 0.825. The van der Waals surface area contributed by atoms with Gasteiger partial charge in [-0.25, -0.2) is 9.59 Å². The second kappa shape index (κ2) is 87.1. The number of aromatic carboxylic acids is 2. The molecule has 0 atom stereocenters. The van der Waals surface area contributed by atoms with Gasteiger partial charge in [0.25, 0.3) is 5.56 Å². The van der Waals surface area contributed by atoms with Crippen LogP contribution in [0.2, 0.25) is 0 Å². The molecule has 0 bridgehead atoms. The van der Waals surface area contributed by atoms with E-state index in [1.54, 1.807) is 0 Å². The number of hydrogen-bond acceptors (Lipinski definition) is 4. The first kappa shape index (κ1) is 146. The van der Waals surface area contributed by atoms with Crippen LogP contribution in [-0.2, 0) is 11.9 Å². The third kappa shape index (κ3) is 60.8. The van der Waals surface area contributed by atoms with E-state index < -0.39 is 278 Å². The molecule has 77 heteroatoms. The maximum absolute atomic E-state index is 11.6. The molecule has 2 aromatic carbocycles. The van der Waals surface area contributed by atoms with E-state index in [-0.39, 0.29) is 16.7 Å². The molecular formula is C26H23BrI68N2O6. The normalized spacial score (nSPS) is 15.8. The number of benzene rings is 2. The number of rotatable bonds is 37. The van der Waals surface area contributed by atoms with Crippen LogP contribution in [0.3, 0.4) is 0 Å². The molecule has 4 rings (SSSR count). The number of carboxylic acids is 2. The van der Waals surface area contributed by atoms with Gasteiger partial charge in [-0.3, -0.25) is 9.59 Å². The van der Waals surface area contributed by atoms with Crippen LogP contribution in [0.4, 0.5) is 0 Å². The van der Waals surface area contributed by atoms with Crippen molar-refractivity contribution in [3.05, 3.63) is 140 Å². The van der Waals surface area contributed by atoms with Gasteiger partial charge in [0, 0.05) is 29.9 Å². The fourth-order valence-electron chi connectivity index (χ4n) is 3.65. The van der Waals surface area contributed by atoms with E-state index in [1.807, 2.05) is 48.5 Å². The summed E-state index contributed by atoms with van der Waals surface area (Å²) in [7, 11) is -18.9. The minimum atomic E-state index is -1.09. The predicted octanol–water partition coefficient (Wildman–Crippen LogP) is 64.5. The van der Waals surface area contributed by atoms with Gasteiger partial charge < -0.3 is 19.8 Å². The van der Waals surface area contributed by atoms with Crippen molar-refractivity contribution < 1.29 is 19.8 Å². The van der Waals surface area contributed by atoms with Crippen LogP contribution in [0.25, 0.3) is 0 Å². The molecule has 0 unspecified atom stereocenters. The van der Waals surface area contributed by atoms with Gasteiger partial charge in [0.2, 0.25) is 5.56 Å². The molecule has 2 aromatic heterocycles. The van der Waals surface area contributed by atoms with Crippen LogP contribution in [0.15, 0.2) is 107 Å². The number of aromatic amines is 1. The zero-order chi connectivity index (χ0) is 79.7. The third-order valence-electron chi connectivity index (χ3n) is 7.07. The van der Waals surface area contributed by atoms with E-state index in [1.165, 1.54) is 34.7 Å². The molecule has 0 spiro atoms. The van der Waals surface area contributed by atoms with E-state index >= 15 is 0 Å². The number of pyridine rings is 2. The van der Waals surface area contributed by atoms with Crippen LogP contribution in [0.1, 0.15) is 31.8 Å². The molecule has 3 N–H and O–H groups in total. The summed E-state index contributed by atoms with van der Waals surface area (Å²) in [6.45, 7) is 0.444. The van der Waals surface area contributed by atoms with Crippen LogP contribution in [0, 0.1) is 0 Å². The van der Waals surface area contributed by atoms with Gasteiger partial charge in [-0.2, -0.15) is 0 Å². The van der Waals surface area contributed by atoms with Crippen LogP contribution in [-0.4, -0.2) is 31.7 Å². The zero-order valence-electron chi connectivity index (χ0n) is 44.2. The van der Waals surface area contributed by atoms with Crippen molar-refractivity contribution in [1.29, 1.82) is 0 Å². The Hall–Kier alpha value is 45.4. The van der Waals surface area contributed by atoms with E-state index in [2.05, 4.69) is 685 Å². The Morgan fingerprint density at radius 2 is 0.524 bits per heavy atom. The summed E-state index contributed by atoms with van der Waals surface area (Å²) in [4.78, 5) is 45.3. The van der Waals surface area contributed by atoms with Gasteiger partial charge in [-0.15, -0.1) is 0 Å². The number of hydrogen-bond donors (Lipinski definition) is 3. The number of alkyl halides is 1. The van der Waals surface area contributed by atoms with E-state index in [0.29, 0.717) is 6.54 Å². The number of carbonyl (C=O) groups is 2.